The van der Waals surface area contributed by atoms with Crippen molar-refractivity contribution in [2.75, 3.05) is 6.61 Å². The molecule has 11 nitrogen and oxygen atoms in total. The Morgan fingerprint density at radius 1 is 0.871 bits per heavy atom. The zero-order valence-electron chi connectivity index (χ0n) is 18.7. The first-order valence-electron chi connectivity index (χ1n) is 10.4. The Kier molecular flexibility index (Phi) is 13.3. The summed E-state index contributed by atoms with van der Waals surface area (Å²) in [5, 5.41) is 16.7. The van der Waals surface area contributed by atoms with E-state index in [-0.39, 0.29) is 31.1 Å². The van der Waals surface area contributed by atoms with Gasteiger partial charge in [0, 0.05) is 6.42 Å². The van der Waals surface area contributed by atoms with Gasteiger partial charge in [-0.05, 0) is 31.1 Å². The van der Waals surface area contributed by atoms with Gasteiger partial charge in [-0.25, -0.2) is 0 Å². The Morgan fingerprint density at radius 2 is 1.32 bits per heavy atom. The van der Waals surface area contributed by atoms with E-state index in [0.29, 0.717) is 12.7 Å². The predicted molar refractivity (Wildman–Crippen MR) is 114 cm³/mol. The highest BCUT2D eigenvalue weighted by molar-refractivity contribution is 5.93. The van der Waals surface area contributed by atoms with Gasteiger partial charge in [0.15, 0.2) is 0 Å². The maximum atomic E-state index is 12.9. The van der Waals surface area contributed by atoms with Crippen molar-refractivity contribution in [3.63, 3.8) is 0 Å². The molecule has 0 fully saturated rings. The monoisotopic (exact) mass is 443 g/mol. The first-order chi connectivity index (χ1) is 14.4. The van der Waals surface area contributed by atoms with Gasteiger partial charge in [-0.3, -0.25) is 19.2 Å². The predicted octanol–water partition coefficient (Wildman–Crippen LogP) is -1.68. The number of nitrogens with two attached hydrogens (primary N) is 2. The first kappa shape index (κ1) is 28.5. The number of hydrogen-bond donors (Lipinski definition) is 6. The molecule has 4 amide bonds. The SMILES string of the molecule is CC(C)C[C@H](NC(=O)[C@H](CC(C)C)NC(=O)[C@@H](N)CCC(N)=O)C(=O)N[C@H](C=O)CO. The summed E-state index contributed by atoms with van der Waals surface area (Å²) in [5.74, 6) is -2.28. The molecule has 0 aromatic carbocycles. The van der Waals surface area contributed by atoms with Crippen molar-refractivity contribution in [2.45, 2.75) is 77.5 Å². The summed E-state index contributed by atoms with van der Waals surface area (Å²) in [4.78, 5) is 59.6. The summed E-state index contributed by atoms with van der Waals surface area (Å²) in [6, 6.07) is -4.00. The second kappa shape index (κ2) is 14.5. The van der Waals surface area contributed by atoms with Crippen molar-refractivity contribution in [1.29, 1.82) is 0 Å². The van der Waals surface area contributed by atoms with Gasteiger partial charge in [0.25, 0.3) is 0 Å². The Bertz CT molecular complexity index is 625. The maximum Gasteiger partial charge on any atom is 0.243 e. The highest BCUT2D eigenvalue weighted by atomic mass is 16.3. The molecule has 0 aromatic rings. The van der Waals surface area contributed by atoms with Crippen LogP contribution in [0.25, 0.3) is 0 Å². The van der Waals surface area contributed by atoms with Crippen molar-refractivity contribution in [2.24, 2.45) is 23.3 Å². The van der Waals surface area contributed by atoms with Crippen molar-refractivity contribution in [3.05, 3.63) is 0 Å². The lowest BCUT2D eigenvalue weighted by Crippen LogP contribution is -2.57. The van der Waals surface area contributed by atoms with E-state index < -0.39 is 54.4 Å². The number of carbonyl (C=O) groups excluding carboxylic acids is 5. The molecule has 0 aliphatic rings. The summed E-state index contributed by atoms with van der Waals surface area (Å²) >= 11 is 0. The molecule has 0 heterocycles. The molecule has 0 bridgehead atoms. The van der Waals surface area contributed by atoms with Gasteiger partial charge in [0.05, 0.1) is 12.6 Å². The highest BCUT2D eigenvalue weighted by Gasteiger charge is 2.29. The molecular formula is C20H37N5O6. The molecule has 0 rings (SSSR count). The molecular weight excluding hydrogens is 406 g/mol. The van der Waals surface area contributed by atoms with Crippen LogP contribution < -0.4 is 27.4 Å². The molecule has 0 radical (unpaired) electrons. The van der Waals surface area contributed by atoms with Crippen molar-refractivity contribution in [1.82, 2.24) is 16.0 Å². The van der Waals surface area contributed by atoms with Crippen LogP contribution in [-0.4, -0.2) is 65.8 Å². The molecule has 0 saturated heterocycles. The fourth-order valence-electron chi connectivity index (χ4n) is 2.79. The minimum absolute atomic E-state index is 0.0419. The van der Waals surface area contributed by atoms with E-state index >= 15 is 0 Å². The number of rotatable bonds is 15. The number of aliphatic hydroxyl groups excluding tert-OH is 1. The van der Waals surface area contributed by atoms with Crippen LogP contribution in [0.15, 0.2) is 0 Å². The molecule has 0 saturated carbocycles. The summed E-state index contributed by atoms with van der Waals surface area (Å²) in [6.45, 7) is 6.90. The van der Waals surface area contributed by atoms with Gasteiger partial charge in [0.1, 0.15) is 24.4 Å². The average Bonchev–Trinajstić information content (AvgIpc) is 2.67. The number of nitrogens with one attached hydrogen (secondary N) is 3. The lowest BCUT2D eigenvalue weighted by molar-refractivity contribution is -0.133. The van der Waals surface area contributed by atoms with Crippen molar-refractivity contribution in [3.8, 4) is 0 Å². The summed E-state index contributed by atoms with van der Waals surface area (Å²) in [5.41, 5.74) is 10.8. The minimum atomic E-state index is -1.08. The van der Waals surface area contributed by atoms with Gasteiger partial charge in [-0.1, -0.05) is 27.7 Å². The summed E-state index contributed by atoms with van der Waals surface area (Å²) < 4.78 is 0. The largest absolute Gasteiger partial charge is 0.394 e. The van der Waals surface area contributed by atoms with Crippen LogP contribution in [0.3, 0.4) is 0 Å². The zero-order chi connectivity index (χ0) is 24.1. The number of carbonyl (C=O) groups is 5. The Morgan fingerprint density at radius 3 is 1.71 bits per heavy atom. The average molecular weight is 444 g/mol. The molecule has 31 heavy (non-hydrogen) atoms. The van der Waals surface area contributed by atoms with E-state index in [9.17, 15) is 24.0 Å². The third-order valence-corrected chi connectivity index (χ3v) is 4.41. The Balaban J connectivity index is 5.32. The van der Waals surface area contributed by atoms with Crippen LogP contribution in [0.5, 0.6) is 0 Å². The maximum absolute atomic E-state index is 12.9. The zero-order valence-corrected chi connectivity index (χ0v) is 18.7. The minimum Gasteiger partial charge on any atom is -0.394 e. The number of aldehydes is 1. The first-order valence-corrected chi connectivity index (χ1v) is 10.4. The van der Waals surface area contributed by atoms with Gasteiger partial charge in [-0.2, -0.15) is 0 Å². The molecule has 178 valence electrons. The second-order valence-electron chi connectivity index (χ2n) is 8.43. The summed E-state index contributed by atoms with van der Waals surface area (Å²) in [7, 11) is 0. The number of aliphatic hydroxyl groups is 1. The van der Waals surface area contributed by atoms with Gasteiger partial charge in [0.2, 0.25) is 23.6 Å². The molecule has 0 aromatic heterocycles. The van der Waals surface area contributed by atoms with Gasteiger partial charge >= 0.3 is 0 Å². The van der Waals surface area contributed by atoms with E-state index in [2.05, 4.69) is 16.0 Å². The van der Waals surface area contributed by atoms with Gasteiger partial charge in [-0.15, -0.1) is 0 Å². The van der Waals surface area contributed by atoms with E-state index in [1.165, 1.54) is 0 Å². The Hall–Kier alpha value is -2.53. The Labute approximate surface area is 183 Å². The molecule has 11 heteroatoms. The molecule has 0 aliphatic heterocycles. The summed E-state index contributed by atoms with van der Waals surface area (Å²) in [6.07, 6.45) is 0.971. The topological polar surface area (TPSA) is 194 Å². The second-order valence-corrected chi connectivity index (χ2v) is 8.43. The van der Waals surface area contributed by atoms with Crippen LogP contribution in [-0.2, 0) is 24.0 Å². The lowest BCUT2D eigenvalue weighted by Gasteiger charge is -2.26. The fourth-order valence-corrected chi connectivity index (χ4v) is 2.79. The number of primary amides is 1. The van der Waals surface area contributed by atoms with Gasteiger partial charge < -0.3 is 37.3 Å². The third kappa shape index (κ3) is 12.0. The lowest BCUT2D eigenvalue weighted by atomic mass is 9.99. The molecule has 8 N–H and O–H groups in total. The van der Waals surface area contributed by atoms with Crippen LogP contribution in [0.1, 0.15) is 53.4 Å². The van der Waals surface area contributed by atoms with Crippen LogP contribution in [0.2, 0.25) is 0 Å². The molecule has 0 spiro atoms. The highest BCUT2D eigenvalue weighted by Crippen LogP contribution is 2.09. The number of hydrogen-bond acceptors (Lipinski definition) is 7. The number of amides is 4. The van der Waals surface area contributed by atoms with E-state index in [1.54, 1.807) is 0 Å². The molecule has 0 aliphatic carbocycles. The smallest absolute Gasteiger partial charge is 0.243 e. The third-order valence-electron chi connectivity index (χ3n) is 4.41. The van der Waals surface area contributed by atoms with Crippen LogP contribution in [0, 0.1) is 11.8 Å². The standard InChI is InChI=1S/C20H37N5O6/c1-11(2)7-15(19(30)23-13(9-26)10-27)25-20(31)16(8-12(3)4)24-18(29)14(21)5-6-17(22)28/h9,11-16,27H,5-8,10,21H2,1-4H3,(H2,22,28)(H,23,30)(H,24,29)(H,25,31)/t13-,14+,15+,16+/m1/s1. The van der Waals surface area contributed by atoms with Crippen molar-refractivity contribution >= 4 is 29.9 Å². The van der Waals surface area contributed by atoms with E-state index in [1.807, 2.05) is 27.7 Å². The molecule has 4 atom stereocenters. The van der Waals surface area contributed by atoms with E-state index in [0.717, 1.165) is 0 Å². The quantitative estimate of drug-likeness (QED) is 0.163. The van der Waals surface area contributed by atoms with Crippen LogP contribution in [0.4, 0.5) is 0 Å². The van der Waals surface area contributed by atoms with Crippen molar-refractivity contribution < 1.29 is 29.1 Å². The fraction of sp³-hybridized carbons (Fsp3) is 0.750. The van der Waals surface area contributed by atoms with E-state index in [4.69, 9.17) is 16.6 Å². The van der Waals surface area contributed by atoms with Crippen LogP contribution >= 0.6 is 0 Å². The molecule has 0 unspecified atom stereocenters. The normalized spacial score (nSPS) is 15.0.